The molecular weight excluding hydrogens is 240 g/mol. The Bertz CT molecular complexity index is 394. The van der Waals surface area contributed by atoms with Crippen LogP contribution in [0, 0.1) is 0 Å². The predicted molar refractivity (Wildman–Crippen MR) is 66.1 cm³/mol. The summed E-state index contributed by atoms with van der Waals surface area (Å²) in [6.45, 7) is 0.911. The van der Waals surface area contributed by atoms with E-state index >= 15 is 0 Å². The fourth-order valence-electron chi connectivity index (χ4n) is 1.20. The number of rotatable bonds is 5. The summed E-state index contributed by atoms with van der Waals surface area (Å²) in [6.07, 6.45) is 3.44. The molecule has 17 heavy (non-hydrogen) atoms. The molecule has 5 nitrogen and oxygen atoms in total. The van der Waals surface area contributed by atoms with Crippen LogP contribution in [0.3, 0.4) is 0 Å². The van der Waals surface area contributed by atoms with Crippen molar-refractivity contribution >= 4 is 17.7 Å². The summed E-state index contributed by atoms with van der Waals surface area (Å²) in [5, 5.41) is 21.4. The van der Waals surface area contributed by atoms with Gasteiger partial charge < -0.3 is 15.5 Å². The SMILES string of the molecule is CSc1ncccc1C(=O)NC(C)(CO)CO. The van der Waals surface area contributed by atoms with Crippen molar-refractivity contribution in [3.05, 3.63) is 23.9 Å². The first kappa shape index (κ1) is 14.0. The molecule has 0 fully saturated rings. The Balaban J connectivity index is 2.90. The van der Waals surface area contributed by atoms with Gasteiger partial charge in [0, 0.05) is 6.20 Å². The zero-order valence-electron chi connectivity index (χ0n) is 9.80. The topological polar surface area (TPSA) is 82.5 Å². The van der Waals surface area contributed by atoms with Gasteiger partial charge in [0.15, 0.2) is 0 Å². The number of pyridine rings is 1. The van der Waals surface area contributed by atoms with Crippen LogP contribution in [0.15, 0.2) is 23.4 Å². The molecule has 0 atom stereocenters. The molecule has 94 valence electrons. The second kappa shape index (κ2) is 6.00. The predicted octanol–water partition coefficient (Wildman–Crippen LogP) is 0.277. The average Bonchev–Trinajstić information content (AvgIpc) is 2.38. The lowest BCUT2D eigenvalue weighted by Gasteiger charge is -2.26. The number of hydrogen-bond donors (Lipinski definition) is 3. The average molecular weight is 256 g/mol. The molecule has 0 bridgehead atoms. The Kier molecular flexibility index (Phi) is 4.92. The maximum atomic E-state index is 12.0. The van der Waals surface area contributed by atoms with Crippen molar-refractivity contribution in [2.24, 2.45) is 0 Å². The Morgan fingerprint density at radius 3 is 2.71 bits per heavy atom. The molecule has 0 aliphatic heterocycles. The van der Waals surface area contributed by atoms with Gasteiger partial charge in [-0.25, -0.2) is 4.98 Å². The van der Waals surface area contributed by atoms with Crippen molar-refractivity contribution in [1.82, 2.24) is 10.3 Å². The number of thioether (sulfide) groups is 1. The van der Waals surface area contributed by atoms with Gasteiger partial charge in [-0.1, -0.05) is 0 Å². The van der Waals surface area contributed by atoms with E-state index in [-0.39, 0.29) is 19.1 Å². The first-order chi connectivity index (χ1) is 8.06. The van der Waals surface area contributed by atoms with Crippen LogP contribution >= 0.6 is 11.8 Å². The van der Waals surface area contributed by atoms with Crippen molar-refractivity contribution in [2.45, 2.75) is 17.5 Å². The zero-order chi connectivity index (χ0) is 12.9. The molecule has 0 saturated carbocycles. The molecule has 1 aromatic heterocycles. The normalized spacial score (nSPS) is 11.3. The van der Waals surface area contributed by atoms with E-state index in [1.54, 1.807) is 25.3 Å². The van der Waals surface area contributed by atoms with Crippen LogP contribution in [-0.4, -0.2) is 46.1 Å². The van der Waals surface area contributed by atoms with Crippen molar-refractivity contribution in [1.29, 1.82) is 0 Å². The first-order valence-corrected chi connectivity index (χ1v) is 6.32. The third-order valence-electron chi connectivity index (χ3n) is 2.32. The van der Waals surface area contributed by atoms with Gasteiger partial charge in [0.05, 0.1) is 24.3 Å². The zero-order valence-corrected chi connectivity index (χ0v) is 10.6. The smallest absolute Gasteiger partial charge is 0.254 e. The Hall–Kier alpha value is -1.11. The van der Waals surface area contributed by atoms with Crippen LogP contribution < -0.4 is 5.32 Å². The summed E-state index contributed by atoms with van der Waals surface area (Å²) in [5.74, 6) is -0.354. The van der Waals surface area contributed by atoms with Crippen molar-refractivity contribution in [3.8, 4) is 0 Å². The Labute approximate surface area is 104 Å². The number of carbonyl (C=O) groups is 1. The second-order valence-electron chi connectivity index (χ2n) is 3.89. The molecule has 0 unspecified atom stereocenters. The summed E-state index contributed by atoms with van der Waals surface area (Å²) in [6, 6.07) is 3.33. The molecule has 1 heterocycles. The molecule has 3 N–H and O–H groups in total. The van der Waals surface area contributed by atoms with Gasteiger partial charge >= 0.3 is 0 Å². The van der Waals surface area contributed by atoms with Crippen molar-refractivity contribution in [2.75, 3.05) is 19.5 Å². The van der Waals surface area contributed by atoms with Gasteiger partial charge in [-0.2, -0.15) is 0 Å². The second-order valence-corrected chi connectivity index (χ2v) is 4.69. The minimum absolute atomic E-state index is 0.329. The minimum atomic E-state index is -1.03. The fraction of sp³-hybridized carbons (Fsp3) is 0.455. The highest BCUT2D eigenvalue weighted by atomic mass is 32.2. The summed E-state index contributed by atoms with van der Waals surface area (Å²) < 4.78 is 0. The quantitative estimate of drug-likeness (QED) is 0.659. The van der Waals surface area contributed by atoms with Gasteiger partial charge in [0.1, 0.15) is 5.03 Å². The number of aliphatic hydroxyl groups excluding tert-OH is 2. The van der Waals surface area contributed by atoms with E-state index in [2.05, 4.69) is 10.3 Å². The van der Waals surface area contributed by atoms with Gasteiger partial charge in [0.25, 0.3) is 5.91 Å². The highest BCUT2D eigenvalue weighted by Crippen LogP contribution is 2.17. The molecule has 0 aliphatic carbocycles. The third-order valence-corrected chi connectivity index (χ3v) is 3.03. The highest BCUT2D eigenvalue weighted by Gasteiger charge is 2.26. The number of nitrogens with one attached hydrogen (secondary N) is 1. The van der Waals surface area contributed by atoms with Crippen molar-refractivity contribution in [3.63, 3.8) is 0 Å². The molecular formula is C11H16N2O3S. The number of hydrogen-bond acceptors (Lipinski definition) is 5. The number of nitrogens with zero attached hydrogens (tertiary/aromatic N) is 1. The maximum Gasteiger partial charge on any atom is 0.254 e. The van der Waals surface area contributed by atoms with E-state index < -0.39 is 5.54 Å². The van der Waals surface area contributed by atoms with Gasteiger partial charge in [-0.15, -0.1) is 11.8 Å². The van der Waals surface area contributed by atoms with Crippen LogP contribution in [0.1, 0.15) is 17.3 Å². The van der Waals surface area contributed by atoms with E-state index in [4.69, 9.17) is 10.2 Å². The lowest BCUT2D eigenvalue weighted by atomic mass is 10.0. The summed E-state index contributed by atoms with van der Waals surface area (Å²) in [7, 11) is 0. The number of aromatic nitrogens is 1. The monoisotopic (exact) mass is 256 g/mol. The number of aliphatic hydroxyl groups is 2. The molecule has 0 saturated heterocycles. The summed E-state index contributed by atoms with van der Waals surface area (Å²) in [4.78, 5) is 16.0. The molecule has 6 heteroatoms. The van der Waals surface area contributed by atoms with Crippen LogP contribution in [0.5, 0.6) is 0 Å². The lowest BCUT2D eigenvalue weighted by molar-refractivity contribution is 0.0720. The number of carbonyl (C=O) groups excluding carboxylic acids is 1. The minimum Gasteiger partial charge on any atom is -0.394 e. The van der Waals surface area contributed by atoms with Crippen LogP contribution in [0.4, 0.5) is 0 Å². The molecule has 0 aromatic carbocycles. The van der Waals surface area contributed by atoms with E-state index in [1.807, 2.05) is 6.26 Å². The lowest BCUT2D eigenvalue weighted by Crippen LogP contribution is -2.51. The van der Waals surface area contributed by atoms with Crippen LogP contribution in [0.25, 0.3) is 0 Å². The molecule has 0 aliphatic rings. The third kappa shape index (κ3) is 3.42. The largest absolute Gasteiger partial charge is 0.394 e. The van der Waals surface area contributed by atoms with E-state index in [1.165, 1.54) is 11.8 Å². The molecule has 0 radical (unpaired) electrons. The van der Waals surface area contributed by atoms with E-state index in [0.29, 0.717) is 10.6 Å². The van der Waals surface area contributed by atoms with Crippen LogP contribution in [-0.2, 0) is 0 Å². The summed E-state index contributed by atoms with van der Waals surface area (Å²) >= 11 is 1.37. The molecule has 1 amide bonds. The Morgan fingerprint density at radius 2 is 2.18 bits per heavy atom. The molecule has 0 spiro atoms. The van der Waals surface area contributed by atoms with Gasteiger partial charge in [0.2, 0.25) is 0 Å². The van der Waals surface area contributed by atoms with Crippen molar-refractivity contribution < 1.29 is 15.0 Å². The summed E-state index contributed by atoms with van der Waals surface area (Å²) in [5.41, 5.74) is -0.587. The Morgan fingerprint density at radius 1 is 1.53 bits per heavy atom. The molecule has 1 aromatic rings. The van der Waals surface area contributed by atoms with Crippen LogP contribution in [0.2, 0.25) is 0 Å². The van der Waals surface area contributed by atoms with Gasteiger partial charge in [-0.05, 0) is 25.3 Å². The first-order valence-electron chi connectivity index (χ1n) is 5.09. The van der Waals surface area contributed by atoms with E-state index in [9.17, 15) is 4.79 Å². The fourth-order valence-corrected chi connectivity index (χ4v) is 1.74. The highest BCUT2D eigenvalue weighted by molar-refractivity contribution is 7.98. The molecule has 1 rings (SSSR count). The standard InChI is InChI=1S/C11H16N2O3S/c1-11(6-14,7-15)13-9(16)8-4-3-5-12-10(8)17-2/h3-5,14-15H,6-7H2,1-2H3,(H,13,16). The maximum absolute atomic E-state index is 12.0. The number of amides is 1. The van der Waals surface area contributed by atoms with Gasteiger partial charge in [-0.3, -0.25) is 4.79 Å². The van der Waals surface area contributed by atoms with E-state index in [0.717, 1.165) is 0 Å².